The van der Waals surface area contributed by atoms with Crippen molar-refractivity contribution in [3.63, 3.8) is 0 Å². The van der Waals surface area contributed by atoms with Crippen LogP contribution in [0.5, 0.6) is 0 Å². The van der Waals surface area contributed by atoms with Gasteiger partial charge in [-0.15, -0.1) is 8.96 Å². The number of aliphatic hydroxyl groups excluding tert-OH is 1. The summed E-state index contributed by atoms with van der Waals surface area (Å²) in [6.45, 7) is 0.518. The maximum atomic E-state index is 12.4. The lowest BCUT2D eigenvalue weighted by molar-refractivity contribution is -0.229. The zero-order chi connectivity index (χ0) is 65.7. The van der Waals surface area contributed by atoms with Crippen molar-refractivity contribution in [1.82, 2.24) is 11.1 Å². The van der Waals surface area contributed by atoms with E-state index in [1.165, 1.54) is 11.1 Å². The number of phosphoric ester groups is 5. The molecule has 0 aromatic heterocycles. The van der Waals surface area contributed by atoms with E-state index in [4.69, 9.17) is 99.1 Å². The molecule has 0 aromatic carbocycles. The Balaban J connectivity index is 3.45. The summed E-state index contributed by atoms with van der Waals surface area (Å²) >= 11 is 0. The first-order valence-corrected chi connectivity index (χ1v) is 35.1. The van der Waals surface area contributed by atoms with Crippen molar-refractivity contribution in [3.05, 3.63) is 0 Å². The van der Waals surface area contributed by atoms with E-state index < -0.39 is 90.5 Å². The van der Waals surface area contributed by atoms with Gasteiger partial charge < -0.3 is 146 Å². The lowest BCUT2D eigenvalue weighted by atomic mass is 10.2. The molecule has 0 spiro atoms. The SMILES string of the molecule is O=P([O-])(O)OCC(CNF)COP(=O)([O-])OCCOCCOCCOCCOCCOCCOP(=O)([O-])OCCOCCOCCOCCOCCOCCOP(=O)([O-])OCCOCCOCCOCCOCCOCCOP(=O)([O-])OCC(CO)CNF. The third kappa shape index (κ3) is 67.5. The maximum absolute atomic E-state index is 12.4. The molecule has 0 aliphatic rings. The molecule has 4 N–H and O–H groups in total. The second-order valence-corrected chi connectivity index (χ2v) is 23.8. The first kappa shape index (κ1) is 88.7. The van der Waals surface area contributed by atoms with Crippen molar-refractivity contribution >= 4 is 39.1 Å². The van der Waals surface area contributed by atoms with Crippen LogP contribution in [-0.2, 0) is 135 Å². The normalized spacial score (nSPS) is 16.2. The second-order valence-electron chi connectivity index (χ2n) is 16.9. The van der Waals surface area contributed by atoms with E-state index in [2.05, 4.69) is 22.6 Å². The molecule has 0 aliphatic heterocycles. The molecule has 0 amide bonds. The Labute approximate surface area is 516 Å². The van der Waals surface area contributed by atoms with Crippen LogP contribution in [0.1, 0.15) is 0 Å². The minimum atomic E-state index is -5.09. The molecule has 7 atom stereocenters. The zero-order valence-corrected chi connectivity index (χ0v) is 54.1. The zero-order valence-electron chi connectivity index (χ0n) is 49.6. The topological polar surface area (TPSA) is 487 Å². The van der Waals surface area contributed by atoms with Gasteiger partial charge in [-0.05, 0) is 0 Å². The first-order valence-electron chi connectivity index (χ1n) is 27.8. The molecule has 0 saturated heterocycles. The number of rotatable bonds is 74. The van der Waals surface area contributed by atoms with Gasteiger partial charge >= 0.3 is 0 Å². The fraction of sp³-hybridized carbons (Fsp3) is 1.00. The van der Waals surface area contributed by atoms with Crippen LogP contribution >= 0.6 is 39.1 Å². The molecule has 0 heterocycles. The summed E-state index contributed by atoms with van der Waals surface area (Å²) in [5.74, 6) is -1.84. The lowest BCUT2D eigenvalue weighted by Crippen LogP contribution is -2.27. The summed E-state index contributed by atoms with van der Waals surface area (Å²) in [5, 5.41) is 9.01. The van der Waals surface area contributed by atoms with E-state index in [0.29, 0.717) is 26.4 Å². The van der Waals surface area contributed by atoms with Crippen molar-refractivity contribution in [2.24, 2.45) is 11.8 Å². The molecular formula is C44H90F2N2O36P5-5. The lowest BCUT2D eigenvalue weighted by Gasteiger charge is -2.26. The van der Waals surface area contributed by atoms with Crippen molar-refractivity contribution in [2.75, 3.05) is 277 Å². The molecule has 89 heavy (non-hydrogen) atoms. The number of aliphatic hydroxyl groups is 1. The Morgan fingerprint density at radius 3 is 0.607 bits per heavy atom. The smallest absolute Gasteiger partial charge is 0.268 e. The van der Waals surface area contributed by atoms with E-state index in [-0.39, 0.29) is 211 Å². The molecule has 0 fully saturated rings. The van der Waals surface area contributed by atoms with Crippen LogP contribution in [0.25, 0.3) is 0 Å². The Morgan fingerprint density at radius 2 is 0.427 bits per heavy atom. The van der Waals surface area contributed by atoms with Crippen molar-refractivity contribution in [2.45, 2.75) is 0 Å². The van der Waals surface area contributed by atoms with Gasteiger partial charge in [-0.2, -0.15) is 11.1 Å². The van der Waals surface area contributed by atoms with Gasteiger partial charge in [0.05, 0.1) is 258 Å². The van der Waals surface area contributed by atoms with Crippen molar-refractivity contribution in [1.29, 1.82) is 0 Å². The molecule has 0 rings (SSSR count). The highest BCUT2D eigenvalue weighted by atomic mass is 31.2. The Hall–Kier alpha value is -0.310. The quantitative estimate of drug-likeness (QED) is 0.0266. The molecule has 536 valence electrons. The van der Waals surface area contributed by atoms with E-state index in [1.807, 2.05) is 0 Å². The minimum Gasteiger partial charge on any atom is -0.756 e. The van der Waals surface area contributed by atoms with Gasteiger partial charge in [-0.3, -0.25) is 22.8 Å². The number of hydrogen-bond donors (Lipinski definition) is 4. The first-order chi connectivity index (χ1) is 42.8. The maximum Gasteiger partial charge on any atom is 0.268 e. The largest absolute Gasteiger partial charge is 0.756 e. The molecule has 0 radical (unpaired) electrons. The molecule has 38 nitrogen and oxygen atoms in total. The highest BCUT2D eigenvalue weighted by molar-refractivity contribution is 7.46. The van der Waals surface area contributed by atoms with Crippen LogP contribution in [0.2, 0.25) is 0 Å². The van der Waals surface area contributed by atoms with Crippen LogP contribution in [0.4, 0.5) is 8.96 Å². The number of phosphoric acid groups is 5. The highest BCUT2D eigenvalue weighted by Crippen LogP contribution is 2.40. The van der Waals surface area contributed by atoms with Crippen LogP contribution in [0.15, 0.2) is 0 Å². The molecular weight excluding hydrogens is 1330 g/mol. The van der Waals surface area contributed by atoms with Crippen LogP contribution in [0.3, 0.4) is 0 Å². The Kier molecular flexibility index (Phi) is 61.1. The van der Waals surface area contributed by atoms with Crippen molar-refractivity contribution < 1.29 is 178 Å². The molecule has 45 heteroatoms. The third-order valence-electron chi connectivity index (χ3n) is 9.73. The molecule has 0 saturated carbocycles. The van der Waals surface area contributed by atoms with E-state index >= 15 is 0 Å². The average Bonchev–Trinajstić information content (AvgIpc) is 3.70. The predicted molar refractivity (Wildman–Crippen MR) is 288 cm³/mol. The van der Waals surface area contributed by atoms with Gasteiger partial charge in [0.15, 0.2) is 0 Å². The second kappa shape index (κ2) is 61.3. The number of halogens is 2. The minimum absolute atomic E-state index is 0.0178. The monoisotopic (exact) mass is 1420 g/mol. The van der Waals surface area contributed by atoms with Crippen molar-refractivity contribution in [3.8, 4) is 0 Å². The number of nitrogens with one attached hydrogen (secondary N) is 2. The standard InChI is InChI=1S/C44H95F2N2O36P5/c45-47-37-43(39-49)40-83-88(57,58)80-35-29-74-23-17-68-11-5-62-3-9-66-15-21-72-27-33-78-86(53,54)76-31-25-70-19-13-64-7-1-61-2-8-65-14-20-71-26-32-77-87(55,56)79-34-28-73-22-16-67-10-4-63-6-12-69-18-24-75-30-36-81-89(59,60)84-42-44(38-48-46)41-82-85(50,51)52/h43-44,47-49H,1-42H2,(H,53,54)(H,55,56)(H,57,58)(H,59,60)(H2,50,51,52)/p-5. The Morgan fingerprint density at radius 1 is 0.270 bits per heavy atom. The Bertz CT molecular complexity index is 1820. The summed E-state index contributed by atoms with van der Waals surface area (Å²) in [6.07, 6.45) is 0. The van der Waals surface area contributed by atoms with Crippen LogP contribution in [0, 0.1) is 11.8 Å². The van der Waals surface area contributed by atoms with Crippen LogP contribution in [-0.4, -0.2) is 287 Å². The fourth-order valence-corrected chi connectivity index (χ4v) is 8.77. The summed E-state index contributed by atoms with van der Waals surface area (Å²) < 4.78 is 204. The van der Waals surface area contributed by atoms with E-state index in [9.17, 15) is 56.3 Å². The van der Waals surface area contributed by atoms with E-state index in [1.54, 1.807) is 0 Å². The number of ether oxygens (including phenoxy) is 15. The summed E-state index contributed by atoms with van der Waals surface area (Å²) in [6, 6.07) is 0. The summed E-state index contributed by atoms with van der Waals surface area (Å²) in [4.78, 5) is 66.5. The summed E-state index contributed by atoms with van der Waals surface area (Å²) in [5.41, 5.74) is 2.54. The fourth-order valence-electron chi connectivity index (χ4n) is 5.50. The van der Waals surface area contributed by atoms with Gasteiger partial charge in [0.1, 0.15) is 0 Å². The van der Waals surface area contributed by atoms with Gasteiger partial charge in [-0.25, -0.2) is 0 Å². The highest BCUT2D eigenvalue weighted by Gasteiger charge is 2.19. The predicted octanol–water partition coefficient (Wildman–Crippen LogP) is -3.11. The molecule has 0 aliphatic carbocycles. The van der Waals surface area contributed by atoms with Gasteiger partial charge in [-0.1, -0.05) is 0 Å². The third-order valence-corrected chi connectivity index (χ3v) is 14.1. The molecule has 7 unspecified atom stereocenters. The molecule has 0 bridgehead atoms. The van der Waals surface area contributed by atoms with Gasteiger partial charge in [0, 0.05) is 31.5 Å². The average molecular weight is 1420 g/mol. The summed E-state index contributed by atoms with van der Waals surface area (Å²) in [7, 11) is -23.7. The molecule has 0 aromatic rings. The van der Waals surface area contributed by atoms with Gasteiger partial charge in [0.25, 0.3) is 39.1 Å². The van der Waals surface area contributed by atoms with Gasteiger partial charge in [0.2, 0.25) is 0 Å². The number of hydrogen-bond acceptors (Lipinski definition) is 37. The van der Waals surface area contributed by atoms with E-state index in [0.717, 1.165) is 0 Å². The van der Waals surface area contributed by atoms with Crippen LogP contribution < -0.4 is 35.5 Å².